The van der Waals surface area contributed by atoms with E-state index < -0.39 is 5.92 Å². The number of nitrogens with zero attached hydrogens (tertiary/aromatic N) is 3. The number of rotatable bonds is 3. The van der Waals surface area contributed by atoms with Crippen molar-refractivity contribution < 1.29 is 4.79 Å². The van der Waals surface area contributed by atoms with Crippen LogP contribution in [-0.4, -0.2) is 17.8 Å². The van der Waals surface area contributed by atoms with Crippen molar-refractivity contribution >= 4 is 29.2 Å². The predicted octanol–water partition coefficient (Wildman–Crippen LogP) is 4.04. The van der Waals surface area contributed by atoms with E-state index in [-0.39, 0.29) is 5.91 Å². The first kappa shape index (κ1) is 15.2. The molecule has 116 valence electrons. The van der Waals surface area contributed by atoms with Gasteiger partial charge in [-0.15, -0.1) is 0 Å². The zero-order valence-corrected chi connectivity index (χ0v) is 13.5. The smallest absolute Gasteiger partial charge is 0.261 e. The third kappa shape index (κ3) is 3.06. The fourth-order valence-electron chi connectivity index (χ4n) is 2.47. The van der Waals surface area contributed by atoms with Gasteiger partial charge in [0.2, 0.25) is 0 Å². The highest BCUT2D eigenvalue weighted by molar-refractivity contribution is 6.23. The number of amides is 1. The third-order valence-electron chi connectivity index (χ3n) is 4.05. The molecule has 1 aliphatic rings. The Labute approximate surface area is 136 Å². The molecule has 23 heavy (non-hydrogen) atoms. The summed E-state index contributed by atoms with van der Waals surface area (Å²) < 4.78 is 0. The molecule has 1 aliphatic heterocycles. The SMILES string of the molecule is CC1=NN(c2ccccc2)C(=O)[C@@H]1C=Nc1ccc(C)c(C)c1. The van der Waals surface area contributed by atoms with Crippen molar-refractivity contribution in [1.82, 2.24) is 0 Å². The van der Waals surface area contributed by atoms with Crippen LogP contribution in [-0.2, 0) is 4.79 Å². The van der Waals surface area contributed by atoms with Crippen LogP contribution in [0.4, 0.5) is 11.4 Å². The number of anilines is 1. The van der Waals surface area contributed by atoms with E-state index >= 15 is 0 Å². The summed E-state index contributed by atoms with van der Waals surface area (Å²) in [5.41, 5.74) is 4.81. The molecule has 0 unspecified atom stereocenters. The van der Waals surface area contributed by atoms with Crippen LogP contribution < -0.4 is 5.01 Å². The molecule has 0 saturated carbocycles. The van der Waals surface area contributed by atoms with Crippen LogP contribution in [0.15, 0.2) is 58.6 Å². The molecule has 0 bridgehead atoms. The van der Waals surface area contributed by atoms with Crippen LogP contribution in [0.5, 0.6) is 0 Å². The molecule has 0 fully saturated rings. The van der Waals surface area contributed by atoms with Crippen LogP contribution in [0, 0.1) is 19.8 Å². The van der Waals surface area contributed by atoms with E-state index in [1.807, 2.05) is 55.5 Å². The zero-order chi connectivity index (χ0) is 16.4. The minimum Gasteiger partial charge on any atom is -0.271 e. The van der Waals surface area contributed by atoms with Crippen molar-refractivity contribution in [3.05, 3.63) is 59.7 Å². The minimum atomic E-state index is -0.406. The van der Waals surface area contributed by atoms with Gasteiger partial charge in [0.1, 0.15) is 5.92 Å². The fourth-order valence-corrected chi connectivity index (χ4v) is 2.47. The first-order valence-electron chi connectivity index (χ1n) is 7.62. The molecule has 4 heteroatoms. The molecule has 2 aromatic rings. The highest BCUT2D eigenvalue weighted by atomic mass is 16.2. The average molecular weight is 305 g/mol. The molecule has 0 radical (unpaired) electrons. The van der Waals surface area contributed by atoms with Gasteiger partial charge in [-0.1, -0.05) is 24.3 Å². The number of hydrogen-bond acceptors (Lipinski definition) is 3. The van der Waals surface area contributed by atoms with Gasteiger partial charge in [-0.2, -0.15) is 10.1 Å². The predicted molar refractivity (Wildman–Crippen MR) is 94.6 cm³/mol. The Morgan fingerprint density at radius 1 is 1.04 bits per heavy atom. The highest BCUT2D eigenvalue weighted by Crippen LogP contribution is 2.24. The topological polar surface area (TPSA) is 45.0 Å². The molecule has 3 rings (SSSR count). The molecular formula is C19H19N3O. The molecule has 1 amide bonds. The van der Waals surface area contributed by atoms with Gasteiger partial charge < -0.3 is 0 Å². The molecule has 0 saturated heterocycles. The van der Waals surface area contributed by atoms with E-state index in [9.17, 15) is 4.79 Å². The first-order chi connectivity index (χ1) is 11.1. The van der Waals surface area contributed by atoms with Crippen LogP contribution in [0.2, 0.25) is 0 Å². The Morgan fingerprint density at radius 2 is 1.78 bits per heavy atom. The van der Waals surface area contributed by atoms with Crippen molar-refractivity contribution in [2.45, 2.75) is 20.8 Å². The largest absolute Gasteiger partial charge is 0.271 e. The molecule has 1 atom stereocenters. The summed E-state index contributed by atoms with van der Waals surface area (Å²) in [5.74, 6) is -0.474. The molecular weight excluding hydrogens is 286 g/mol. The Balaban J connectivity index is 1.81. The van der Waals surface area contributed by atoms with E-state index in [4.69, 9.17) is 0 Å². The van der Waals surface area contributed by atoms with Gasteiger partial charge >= 0.3 is 0 Å². The summed E-state index contributed by atoms with van der Waals surface area (Å²) in [4.78, 5) is 17.0. The number of aliphatic imine (C=N–C) groups is 1. The minimum absolute atomic E-state index is 0.0683. The summed E-state index contributed by atoms with van der Waals surface area (Å²) in [6.07, 6.45) is 1.69. The van der Waals surface area contributed by atoms with Crippen LogP contribution >= 0.6 is 0 Å². The van der Waals surface area contributed by atoms with Gasteiger partial charge in [-0.05, 0) is 56.2 Å². The number of benzene rings is 2. The van der Waals surface area contributed by atoms with Crippen LogP contribution in [0.1, 0.15) is 18.1 Å². The van der Waals surface area contributed by atoms with Gasteiger partial charge in [-0.25, -0.2) is 0 Å². The summed E-state index contributed by atoms with van der Waals surface area (Å²) in [6, 6.07) is 15.5. The third-order valence-corrected chi connectivity index (χ3v) is 4.05. The lowest BCUT2D eigenvalue weighted by atomic mass is 10.1. The number of carbonyl (C=O) groups excluding carboxylic acids is 1. The number of carbonyl (C=O) groups is 1. The number of aryl methyl sites for hydroxylation is 2. The van der Waals surface area contributed by atoms with E-state index in [2.05, 4.69) is 23.9 Å². The van der Waals surface area contributed by atoms with Crippen LogP contribution in [0.3, 0.4) is 0 Å². The maximum atomic E-state index is 12.6. The molecule has 0 N–H and O–H groups in total. The lowest BCUT2D eigenvalue weighted by Gasteiger charge is -2.12. The Morgan fingerprint density at radius 3 is 2.48 bits per heavy atom. The normalized spacial score (nSPS) is 17.9. The maximum absolute atomic E-state index is 12.6. The van der Waals surface area contributed by atoms with E-state index in [0.717, 1.165) is 17.1 Å². The molecule has 1 heterocycles. The maximum Gasteiger partial charge on any atom is 0.261 e. The number of hydrogen-bond donors (Lipinski definition) is 0. The molecule has 0 spiro atoms. The van der Waals surface area contributed by atoms with Gasteiger partial charge in [-0.3, -0.25) is 9.79 Å². The lowest BCUT2D eigenvalue weighted by molar-refractivity contribution is -0.118. The second-order valence-corrected chi connectivity index (χ2v) is 5.75. The first-order valence-corrected chi connectivity index (χ1v) is 7.62. The lowest BCUT2D eigenvalue weighted by Crippen LogP contribution is -2.27. The number of hydrazone groups is 1. The van der Waals surface area contributed by atoms with Gasteiger partial charge in [0.05, 0.1) is 17.1 Å². The van der Waals surface area contributed by atoms with Crippen molar-refractivity contribution in [2.75, 3.05) is 5.01 Å². The van der Waals surface area contributed by atoms with Gasteiger partial charge in [0.15, 0.2) is 0 Å². The Kier molecular flexibility index (Phi) is 4.06. The summed E-state index contributed by atoms with van der Waals surface area (Å²) in [6.45, 7) is 5.98. The van der Waals surface area contributed by atoms with Crippen molar-refractivity contribution in [3.63, 3.8) is 0 Å². The second-order valence-electron chi connectivity index (χ2n) is 5.75. The van der Waals surface area contributed by atoms with Gasteiger partial charge in [0.25, 0.3) is 5.91 Å². The molecule has 2 aromatic carbocycles. The zero-order valence-electron chi connectivity index (χ0n) is 13.5. The summed E-state index contributed by atoms with van der Waals surface area (Å²) >= 11 is 0. The quantitative estimate of drug-likeness (QED) is 0.789. The Bertz CT molecular complexity index is 794. The van der Waals surface area contributed by atoms with Crippen LogP contribution in [0.25, 0.3) is 0 Å². The molecule has 0 aliphatic carbocycles. The van der Waals surface area contributed by atoms with Crippen molar-refractivity contribution in [2.24, 2.45) is 16.0 Å². The average Bonchev–Trinajstić information content (AvgIpc) is 2.84. The fraction of sp³-hybridized carbons (Fsp3) is 0.211. The second kappa shape index (κ2) is 6.16. The van der Waals surface area contributed by atoms with E-state index in [1.54, 1.807) is 6.21 Å². The van der Waals surface area contributed by atoms with Gasteiger partial charge in [0, 0.05) is 6.21 Å². The molecule has 4 nitrogen and oxygen atoms in total. The summed E-state index contributed by atoms with van der Waals surface area (Å²) in [7, 11) is 0. The van der Waals surface area contributed by atoms with E-state index in [0.29, 0.717) is 0 Å². The summed E-state index contributed by atoms with van der Waals surface area (Å²) in [5, 5.41) is 5.83. The molecule has 0 aromatic heterocycles. The monoisotopic (exact) mass is 305 g/mol. The number of para-hydroxylation sites is 1. The van der Waals surface area contributed by atoms with Crippen molar-refractivity contribution in [1.29, 1.82) is 0 Å². The Hall–Kier alpha value is -2.75. The standard InChI is InChI=1S/C19H19N3O/c1-13-9-10-16(11-14(13)2)20-12-18-15(3)21-22(19(18)23)17-7-5-4-6-8-17/h4-12,18H,1-3H3/t18-/m1/s1. The highest BCUT2D eigenvalue weighted by Gasteiger charge is 2.33. The van der Waals surface area contributed by atoms with E-state index in [1.165, 1.54) is 16.1 Å². The van der Waals surface area contributed by atoms with Crippen molar-refractivity contribution in [3.8, 4) is 0 Å².